The minimum Gasteiger partial charge on any atom is -0.495 e. The largest absolute Gasteiger partial charge is 0.495 e. The fraction of sp³-hybridized carbons (Fsp3) is 0.350. The number of hydrogen-bond donors (Lipinski definition) is 2. The Bertz CT molecular complexity index is 778. The number of anilines is 2. The van der Waals surface area contributed by atoms with E-state index in [1.165, 1.54) is 0 Å². The maximum Gasteiger partial charge on any atom is 0.226 e. The Balaban J connectivity index is 1.99. The van der Waals surface area contributed by atoms with Crippen molar-refractivity contribution in [2.24, 2.45) is 0 Å². The zero-order valence-corrected chi connectivity index (χ0v) is 16.4. The summed E-state index contributed by atoms with van der Waals surface area (Å²) in [4.78, 5) is 12.3. The Hall–Kier alpha value is -2.40. The van der Waals surface area contributed by atoms with Crippen LogP contribution in [0, 0.1) is 6.92 Å². The van der Waals surface area contributed by atoms with Gasteiger partial charge in [-0.05, 0) is 24.5 Å². The van der Waals surface area contributed by atoms with Gasteiger partial charge in [0, 0.05) is 30.8 Å². The molecule has 0 aliphatic heterocycles. The molecule has 0 aromatic heterocycles. The molecule has 1 amide bonds. The Morgan fingerprint density at radius 2 is 1.88 bits per heavy atom. The Labute approximate surface area is 159 Å². The molecule has 0 unspecified atom stereocenters. The van der Waals surface area contributed by atoms with Crippen LogP contribution in [0.2, 0.25) is 5.02 Å². The predicted molar refractivity (Wildman–Crippen MR) is 107 cm³/mol. The molecule has 0 radical (unpaired) electrons. The molecule has 5 nitrogen and oxygen atoms in total. The van der Waals surface area contributed by atoms with Gasteiger partial charge in [-0.25, -0.2) is 0 Å². The summed E-state index contributed by atoms with van der Waals surface area (Å²) in [5, 5.41) is 6.69. The normalized spacial score (nSPS) is 10.3. The molecule has 2 aromatic rings. The molecule has 140 valence electrons. The molecule has 0 fully saturated rings. The summed E-state index contributed by atoms with van der Waals surface area (Å²) in [6.45, 7) is 4.53. The van der Waals surface area contributed by atoms with Gasteiger partial charge in [0.15, 0.2) is 0 Å². The second kappa shape index (κ2) is 9.34. The van der Waals surface area contributed by atoms with E-state index in [1.54, 1.807) is 26.4 Å². The van der Waals surface area contributed by atoms with Crippen molar-refractivity contribution in [2.75, 3.05) is 31.4 Å². The number of halogens is 1. The monoisotopic (exact) mass is 376 g/mol. The van der Waals surface area contributed by atoms with E-state index in [4.69, 9.17) is 21.1 Å². The molecule has 6 heteroatoms. The summed E-state index contributed by atoms with van der Waals surface area (Å²) < 4.78 is 10.5. The lowest BCUT2D eigenvalue weighted by atomic mass is 10.1. The van der Waals surface area contributed by atoms with Crippen LogP contribution in [0.3, 0.4) is 0 Å². The summed E-state index contributed by atoms with van der Waals surface area (Å²) in [5.41, 5.74) is 3.84. The highest BCUT2D eigenvalue weighted by atomic mass is 35.5. The van der Waals surface area contributed by atoms with E-state index in [1.807, 2.05) is 25.1 Å². The molecule has 0 atom stereocenters. The fourth-order valence-corrected chi connectivity index (χ4v) is 2.94. The first-order valence-electron chi connectivity index (χ1n) is 8.53. The number of carbonyl (C=O) groups excluding carboxylic acids is 1. The van der Waals surface area contributed by atoms with Gasteiger partial charge in [-0.2, -0.15) is 0 Å². The fourth-order valence-electron chi connectivity index (χ4n) is 2.71. The topological polar surface area (TPSA) is 59.6 Å². The molecular formula is C20H25ClN2O3. The number of aryl methyl sites for hydroxylation is 2. The molecule has 0 spiro atoms. The van der Waals surface area contributed by atoms with Crippen LogP contribution >= 0.6 is 11.6 Å². The minimum atomic E-state index is -0.0404. The molecule has 2 aromatic carbocycles. The van der Waals surface area contributed by atoms with E-state index in [0.29, 0.717) is 29.5 Å². The quantitative estimate of drug-likeness (QED) is 0.702. The second-order valence-corrected chi connectivity index (χ2v) is 6.28. The van der Waals surface area contributed by atoms with Crippen molar-refractivity contribution in [1.82, 2.24) is 0 Å². The van der Waals surface area contributed by atoms with Gasteiger partial charge in [-0.3, -0.25) is 4.79 Å². The number of nitrogens with one attached hydrogen (secondary N) is 2. The molecule has 2 rings (SSSR count). The zero-order valence-electron chi connectivity index (χ0n) is 15.6. The van der Waals surface area contributed by atoms with Crippen molar-refractivity contribution < 1.29 is 14.3 Å². The molecule has 2 N–H and O–H groups in total. The van der Waals surface area contributed by atoms with Crippen LogP contribution in [-0.4, -0.2) is 26.7 Å². The maximum absolute atomic E-state index is 12.3. The molecule has 0 saturated heterocycles. The molecular weight excluding hydrogens is 352 g/mol. The highest BCUT2D eigenvalue weighted by molar-refractivity contribution is 6.32. The number of benzene rings is 2. The van der Waals surface area contributed by atoms with Gasteiger partial charge in [0.25, 0.3) is 0 Å². The third-order valence-corrected chi connectivity index (χ3v) is 4.44. The number of amides is 1. The number of rotatable bonds is 8. The van der Waals surface area contributed by atoms with Gasteiger partial charge < -0.3 is 20.1 Å². The van der Waals surface area contributed by atoms with Gasteiger partial charge >= 0.3 is 0 Å². The lowest BCUT2D eigenvalue weighted by Crippen LogP contribution is -2.18. The van der Waals surface area contributed by atoms with Crippen LogP contribution in [0.4, 0.5) is 11.4 Å². The van der Waals surface area contributed by atoms with E-state index in [2.05, 4.69) is 17.6 Å². The summed E-state index contributed by atoms with van der Waals surface area (Å²) in [6.07, 6.45) is 1.20. The van der Waals surface area contributed by atoms with Crippen molar-refractivity contribution in [1.29, 1.82) is 0 Å². The third-order valence-electron chi connectivity index (χ3n) is 4.15. The van der Waals surface area contributed by atoms with Gasteiger partial charge in [0.1, 0.15) is 11.5 Å². The first-order valence-corrected chi connectivity index (χ1v) is 8.91. The van der Waals surface area contributed by atoms with Crippen LogP contribution in [0.15, 0.2) is 30.3 Å². The Kier molecular flexibility index (Phi) is 7.16. The van der Waals surface area contributed by atoms with E-state index < -0.39 is 0 Å². The number of ether oxygens (including phenoxy) is 2. The minimum absolute atomic E-state index is 0.0404. The number of methoxy groups -OCH3 is 2. The SMILES string of the molecule is CCc1cccc(C)c1NC(=O)CCNc1cc(OC)c(Cl)cc1OC. The first kappa shape index (κ1) is 19.9. The van der Waals surface area contributed by atoms with Crippen molar-refractivity contribution in [3.63, 3.8) is 0 Å². The van der Waals surface area contributed by atoms with Crippen molar-refractivity contribution in [2.45, 2.75) is 26.7 Å². The van der Waals surface area contributed by atoms with Gasteiger partial charge in [-0.1, -0.05) is 36.7 Å². The van der Waals surface area contributed by atoms with Gasteiger partial charge in [0.05, 0.1) is 24.9 Å². The number of para-hydroxylation sites is 1. The molecule has 0 aliphatic rings. The summed E-state index contributed by atoms with van der Waals surface area (Å²) in [6, 6.07) is 9.48. The van der Waals surface area contributed by atoms with Crippen LogP contribution in [0.5, 0.6) is 11.5 Å². The summed E-state index contributed by atoms with van der Waals surface area (Å²) >= 11 is 6.10. The molecule has 0 saturated carbocycles. The Morgan fingerprint density at radius 3 is 2.54 bits per heavy atom. The Morgan fingerprint density at radius 1 is 1.15 bits per heavy atom. The average Bonchev–Trinajstić information content (AvgIpc) is 2.64. The molecule has 0 aliphatic carbocycles. The number of carbonyl (C=O) groups is 1. The van der Waals surface area contributed by atoms with Crippen molar-refractivity contribution in [3.05, 3.63) is 46.5 Å². The molecule has 26 heavy (non-hydrogen) atoms. The number of hydrogen-bond acceptors (Lipinski definition) is 4. The maximum atomic E-state index is 12.3. The van der Waals surface area contributed by atoms with E-state index >= 15 is 0 Å². The van der Waals surface area contributed by atoms with Crippen LogP contribution in [-0.2, 0) is 11.2 Å². The van der Waals surface area contributed by atoms with E-state index in [0.717, 1.165) is 28.9 Å². The predicted octanol–water partition coefficient (Wildman–Crippen LogP) is 4.67. The standard InChI is InChI=1S/C20H25ClN2O3/c1-5-14-8-6-7-13(2)20(14)23-19(24)9-10-22-16-12-17(25-3)15(21)11-18(16)26-4/h6-8,11-12,22H,5,9-10H2,1-4H3,(H,23,24). The van der Waals surface area contributed by atoms with Crippen LogP contribution < -0.4 is 20.1 Å². The highest BCUT2D eigenvalue weighted by Gasteiger charge is 2.11. The smallest absolute Gasteiger partial charge is 0.226 e. The van der Waals surface area contributed by atoms with Crippen LogP contribution in [0.1, 0.15) is 24.5 Å². The third kappa shape index (κ3) is 4.82. The van der Waals surface area contributed by atoms with Crippen LogP contribution in [0.25, 0.3) is 0 Å². The van der Waals surface area contributed by atoms with Crippen molar-refractivity contribution in [3.8, 4) is 11.5 Å². The van der Waals surface area contributed by atoms with Gasteiger partial charge in [-0.15, -0.1) is 0 Å². The first-order chi connectivity index (χ1) is 12.5. The summed E-state index contributed by atoms with van der Waals surface area (Å²) in [5.74, 6) is 1.11. The second-order valence-electron chi connectivity index (χ2n) is 5.87. The lowest BCUT2D eigenvalue weighted by molar-refractivity contribution is -0.115. The van der Waals surface area contributed by atoms with E-state index in [-0.39, 0.29) is 5.91 Å². The van der Waals surface area contributed by atoms with E-state index in [9.17, 15) is 4.79 Å². The molecule has 0 heterocycles. The summed E-state index contributed by atoms with van der Waals surface area (Å²) in [7, 11) is 3.12. The van der Waals surface area contributed by atoms with Crippen molar-refractivity contribution >= 4 is 28.9 Å². The molecule has 0 bridgehead atoms. The zero-order chi connectivity index (χ0) is 19.1. The average molecular weight is 377 g/mol. The highest BCUT2D eigenvalue weighted by Crippen LogP contribution is 2.35. The van der Waals surface area contributed by atoms with Gasteiger partial charge in [0.2, 0.25) is 5.91 Å². The lowest BCUT2D eigenvalue weighted by Gasteiger charge is -2.15.